The van der Waals surface area contributed by atoms with Crippen molar-refractivity contribution in [2.45, 2.75) is 44.3 Å². The van der Waals surface area contributed by atoms with Crippen LogP contribution in [0.5, 0.6) is 0 Å². The van der Waals surface area contributed by atoms with Gasteiger partial charge in [0.05, 0.1) is 6.04 Å². The third-order valence-corrected chi connectivity index (χ3v) is 5.93. The first-order valence-corrected chi connectivity index (χ1v) is 10.3. The first kappa shape index (κ1) is 19.1. The molecular weight excluding hydrogens is 348 g/mol. The third kappa shape index (κ3) is 4.43. The van der Waals surface area contributed by atoms with Crippen LogP contribution in [0.15, 0.2) is 54.6 Å². The van der Waals surface area contributed by atoms with E-state index in [4.69, 9.17) is 0 Å². The Hall–Kier alpha value is -2.21. The quantitative estimate of drug-likeness (QED) is 0.724. The molecule has 0 bridgehead atoms. The molecule has 2 saturated heterocycles. The van der Waals surface area contributed by atoms with Gasteiger partial charge in [0.2, 0.25) is 5.91 Å². The number of hydrogen-bond acceptors (Lipinski definition) is 4. The summed E-state index contributed by atoms with van der Waals surface area (Å²) in [6.45, 7) is 4.97. The number of benzene rings is 2. The molecule has 2 heterocycles. The fourth-order valence-electron chi connectivity index (χ4n) is 4.25. The average Bonchev–Trinajstić information content (AvgIpc) is 3.42. The summed E-state index contributed by atoms with van der Waals surface area (Å²) in [4.78, 5) is 15.3. The van der Waals surface area contributed by atoms with Crippen molar-refractivity contribution in [3.05, 3.63) is 71.3 Å². The van der Waals surface area contributed by atoms with Crippen molar-refractivity contribution in [2.75, 3.05) is 19.6 Å². The third-order valence-electron chi connectivity index (χ3n) is 5.93. The van der Waals surface area contributed by atoms with Crippen LogP contribution in [0.1, 0.15) is 48.0 Å². The Bertz CT molecular complexity index is 771. The maximum Gasteiger partial charge on any atom is 0.238 e. The van der Waals surface area contributed by atoms with Gasteiger partial charge in [0.25, 0.3) is 0 Å². The summed E-state index contributed by atoms with van der Waals surface area (Å²) in [6.07, 6.45) is 3.24. The van der Waals surface area contributed by atoms with E-state index in [9.17, 15) is 4.79 Å². The Morgan fingerprint density at radius 3 is 2.50 bits per heavy atom. The summed E-state index contributed by atoms with van der Waals surface area (Å²) < 4.78 is 0. The van der Waals surface area contributed by atoms with Crippen LogP contribution in [0.2, 0.25) is 0 Å². The molecule has 1 amide bonds. The molecule has 3 N–H and O–H groups in total. The first-order valence-electron chi connectivity index (χ1n) is 10.3. The number of nitrogens with zero attached hydrogens (tertiary/aromatic N) is 1. The lowest BCUT2D eigenvalue weighted by Gasteiger charge is -2.28. The summed E-state index contributed by atoms with van der Waals surface area (Å²) >= 11 is 0. The highest BCUT2D eigenvalue weighted by Crippen LogP contribution is 2.26. The molecule has 2 fully saturated rings. The fourth-order valence-corrected chi connectivity index (χ4v) is 4.25. The van der Waals surface area contributed by atoms with E-state index in [1.165, 1.54) is 29.5 Å². The van der Waals surface area contributed by atoms with Crippen molar-refractivity contribution in [1.82, 2.24) is 21.1 Å². The van der Waals surface area contributed by atoms with Crippen molar-refractivity contribution >= 4 is 5.91 Å². The standard InChI is InChI=1S/C23H30N4O/c1-17-9-11-19(12-10-17)22(27-13-5-6-14-27)16-24-23(28)21-15-20(25-26-21)18-7-3-2-4-8-18/h2-4,7-12,20-22,25-26H,5-6,13-16H2,1H3,(H,24,28). The van der Waals surface area contributed by atoms with Crippen molar-refractivity contribution in [2.24, 2.45) is 0 Å². The number of hydrogen-bond donors (Lipinski definition) is 3. The Morgan fingerprint density at radius 1 is 1.07 bits per heavy atom. The number of amides is 1. The van der Waals surface area contributed by atoms with Gasteiger partial charge in [0.1, 0.15) is 6.04 Å². The van der Waals surface area contributed by atoms with Gasteiger partial charge < -0.3 is 5.32 Å². The molecule has 0 spiro atoms. The Balaban J connectivity index is 1.37. The number of nitrogens with one attached hydrogen (secondary N) is 3. The van der Waals surface area contributed by atoms with Gasteiger partial charge in [-0.25, -0.2) is 10.9 Å². The van der Waals surface area contributed by atoms with Gasteiger partial charge in [0.15, 0.2) is 0 Å². The molecule has 5 nitrogen and oxygen atoms in total. The van der Waals surface area contributed by atoms with Crippen LogP contribution in [-0.4, -0.2) is 36.5 Å². The van der Waals surface area contributed by atoms with E-state index in [1.54, 1.807) is 0 Å². The first-order chi connectivity index (χ1) is 13.7. The zero-order chi connectivity index (χ0) is 19.3. The summed E-state index contributed by atoms with van der Waals surface area (Å²) in [6, 6.07) is 19.2. The monoisotopic (exact) mass is 378 g/mol. The number of aryl methyl sites for hydroxylation is 1. The molecular formula is C23H30N4O. The minimum Gasteiger partial charge on any atom is -0.353 e. The predicted molar refractivity (Wildman–Crippen MR) is 112 cm³/mol. The second-order valence-electron chi connectivity index (χ2n) is 7.95. The van der Waals surface area contributed by atoms with E-state index in [0.29, 0.717) is 6.54 Å². The van der Waals surface area contributed by atoms with Crippen molar-refractivity contribution in [3.63, 3.8) is 0 Å². The molecule has 2 aliphatic heterocycles. The Morgan fingerprint density at radius 2 is 1.79 bits per heavy atom. The van der Waals surface area contributed by atoms with Gasteiger partial charge in [-0.1, -0.05) is 60.2 Å². The van der Waals surface area contributed by atoms with Gasteiger partial charge in [0, 0.05) is 12.6 Å². The topological polar surface area (TPSA) is 56.4 Å². The van der Waals surface area contributed by atoms with Crippen molar-refractivity contribution < 1.29 is 4.79 Å². The Kier molecular flexibility index (Phi) is 6.05. The van der Waals surface area contributed by atoms with E-state index in [-0.39, 0.29) is 24.0 Å². The molecule has 3 atom stereocenters. The fraction of sp³-hybridized carbons (Fsp3) is 0.435. The predicted octanol–water partition coefficient (Wildman–Crippen LogP) is 2.86. The largest absolute Gasteiger partial charge is 0.353 e. The maximum atomic E-state index is 12.8. The van der Waals surface area contributed by atoms with E-state index < -0.39 is 0 Å². The molecule has 4 rings (SSSR count). The van der Waals surface area contributed by atoms with Crippen LogP contribution < -0.4 is 16.2 Å². The van der Waals surface area contributed by atoms with Gasteiger partial charge in [-0.3, -0.25) is 9.69 Å². The number of carbonyl (C=O) groups excluding carboxylic acids is 1. The second kappa shape index (κ2) is 8.86. The zero-order valence-corrected chi connectivity index (χ0v) is 16.5. The van der Waals surface area contributed by atoms with Gasteiger partial charge in [-0.05, 0) is 50.4 Å². The molecule has 2 aromatic rings. The second-order valence-corrected chi connectivity index (χ2v) is 7.95. The molecule has 0 aromatic heterocycles. The minimum atomic E-state index is -0.206. The molecule has 2 aromatic carbocycles. The lowest BCUT2D eigenvalue weighted by molar-refractivity contribution is -0.123. The average molecular weight is 379 g/mol. The SMILES string of the molecule is Cc1ccc(C(CNC(=O)C2CC(c3ccccc3)NN2)N2CCCC2)cc1. The van der Waals surface area contributed by atoms with Crippen LogP contribution in [0.3, 0.4) is 0 Å². The van der Waals surface area contributed by atoms with Crippen molar-refractivity contribution in [1.29, 1.82) is 0 Å². The van der Waals surface area contributed by atoms with E-state index in [1.807, 2.05) is 18.2 Å². The maximum absolute atomic E-state index is 12.8. The lowest BCUT2D eigenvalue weighted by Crippen LogP contribution is -2.46. The van der Waals surface area contributed by atoms with E-state index >= 15 is 0 Å². The number of likely N-dealkylation sites (tertiary alicyclic amines) is 1. The van der Waals surface area contributed by atoms with E-state index in [0.717, 1.165) is 19.5 Å². The number of carbonyl (C=O) groups is 1. The molecule has 0 radical (unpaired) electrons. The molecule has 0 saturated carbocycles. The summed E-state index contributed by atoms with van der Waals surface area (Å²) in [7, 11) is 0. The van der Waals surface area contributed by atoms with Crippen LogP contribution in [-0.2, 0) is 4.79 Å². The Labute approximate surface area is 167 Å². The molecule has 3 unspecified atom stereocenters. The zero-order valence-electron chi connectivity index (χ0n) is 16.5. The molecule has 0 aliphatic carbocycles. The van der Waals surface area contributed by atoms with Crippen LogP contribution in [0.25, 0.3) is 0 Å². The smallest absolute Gasteiger partial charge is 0.238 e. The van der Waals surface area contributed by atoms with E-state index in [2.05, 4.69) is 64.4 Å². The van der Waals surface area contributed by atoms with Crippen LogP contribution in [0, 0.1) is 6.92 Å². The highest BCUT2D eigenvalue weighted by molar-refractivity contribution is 5.82. The lowest BCUT2D eigenvalue weighted by atomic mass is 10.0. The molecule has 148 valence electrons. The van der Waals surface area contributed by atoms with Crippen molar-refractivity contribution in [3.8, 4) is 0 Å². The van der Waals surface area contributed by atoms with Gasteiger partial charge >= 0.3 is 0 Å². The summed E-state index contributed by atoms with van der Waals surface area (Å²) in [5, 5.41) is 3.20. The minimum absolute atomic E-state index is 0.0715. The van der Waals surface area contributed by atoms with Crippen LogP contribution >= 0.6 is 0 Å². The number of hydrazine groups is 1. The highest BCUT2D eigenvalue weighted by Gasteiger charge is 2.31. The number of rotatable bonds is 6. The molecule has 5 heteroatoms. The van der Waals surface area contributed by atoms with Crippen LogP contribution in [0.4, 0.5) is 0 Å². The normalized spacial score (nSPS) is 23.6. The summed E-state index contributed by atoms with van der Waals surface area (Å²) in [5.74, 6) is 0.0715. The molecule has 2 aliphatic rings. The highest BCUT2D eigenvalue weighted by atomic mass is 16.2. The van der Waals surface area contributed by atoms with Gasteiger partial charge in [-0.15, -0.1) is 0 Å². The van der Waals surface area contributed by atoms with Gasteiger partial charge in [-0.2, -0.15) is 0 Å². The molecule has 28 heavy (non-hydrogen) atoms. The summed E-state index contributed by atoms with van der Waals surface area (Å²) in [5.41, 5.74) is 10.2.